The van der Waals surface area contributed by atoms with E-state index in [2.05, 4.69) is 10.3 Å². The molecule has 1 amide bonds. The van der Waals surface area contributed by atoms with E-state index < -0.39 is 5.91 Å². The fourth-order valence-electron chi connectivity index (χ4n) is 2.74. The van der Waals surface area contributed by atoms with Crippen LogP contribution in [0.3, 0.4) is 0 Å². The van der Waals surface area contributed by atoms with Gasteiger partial charge in [-0.3, -0.25) is 14.9 Å². The summed E-state index contributed by atoms with van der Waals surface area (Å²) in [5, 5.41) is 5.46. The number of Topliss-reactive ketones (excluding diaryl/α,β-unsaturated/α-hetero) is 1. The Balaban J connectivity index is 1.63. The van der Waals surface area contributed by atoms with Gasteiger partial charge >= 0.3 is 0 Å². The zero-order valence-electron chi connectivity index (χ0n) is 15.0. The number of ketones is 1. The Morgan fingerprint density at radius 2 is 1.86 bits per heavy atom. The predicted molar refractivity (Wildman–Crippen MR) is 107 cm³/mol. The van der Waals surface area contributed by atoms with Crippen LogP contribution in [0.1, 0.15) is 33.5 Å². The van der Waals surface area contributed by atoms with Crippen LogP contribution < -0.4 is 10.1 Å². The molecule has 4 aromatic rings. The third kappa shape index (κ3) is 3.65. The highest BCUT2D eigenvalue weighted by Crippen LogP contribution is 2.28. The van der Waals surface area contributed by atoms with Crippen LogP contribution in [-0.4, -0.2) is 16.7 Å². The van der Waals surface area contributed by atoms with Crippen LogP contribution in [0.5, 0.6) is 5.75 Å². The molecule has 140 valence electrons. The van der Waals surface area contributed by atoms with Gasteiger partial charge in [-0.1, -0.05) is 36.4 Å². The van der Waals surface area contributed by atoms with E-state index in [0.717, 1.165) is 5.39 Å². The number of amides is 1. The summed E-state index contributed by atoms with van der Waals surface area (Å²) in [6.45, 7) is 1.61. The normalized spacial score (nSPS) is 10.8. The number of hydrogen-bond acceptors (Lipinski definition) is 6. The SMILES string of the molecule is CC(=O)c1csc(NC(=O)c2oc3ccccc3c2COc2ccccc2)n1. The van der Waals surface area contributed by atoms with E-state index in [4.69, 9.17) is 9.15 Å². The van der Waals surface area contributed by atoms with Gasteiger partial charge in [-0.15, -0.1) is 11.3 Å². The summed E-state index contributed by atoms with van der Waals surface area (Å²) < 4.78 is 11.6. The number of hydrogen-bond donors (Lipinski definition) is 1. The molecule has 0 atom stereocenters. The Hall–Kier alpha value is -3.45. The zero-order valence-corrected chi connectivity index (χ0v) is 15.8. The van der Waals surface area contributed by atoms with Crippen LogP contribution in [0.15, 0.2) is 64.4 Å². The standard InChI is InChI=1S/C21H16N2O4S/c1-13(24)17-12-28-21(22-17)23-20(25)19-16(11-26-14-7-3-2-4-8-14)15-9-5-6-10-18(15)27-19/h2-10,12H,11H2,1H3,(H,22,23,25). The highest BCUT2D eigenvalue weighted by Gasteiger charge is 2.22. The molecule has 0 aliphatic carbocycles. The molecular weight excluding hydrogens is 376 g/mol. The van der Waals surface area contributed by atoms with E-state index in [1.165, 1.54) is 18.3 Å². The molecule has 0 saturated heterocycles. The summed E-state index contributed by atoms with van der Waals surface area (Å²) in [5.74, 6) is 0.270. The smallest absolute Gasteiger partial charge is 0.293 e. The molecule has 0 aliphatic rings. The number of furan rings is 1. The lowest BCUT2D eigenvalue weighted by Crippen LogP contribution is -2.14. The van der Waals surface area contributed by atoms with Crippen LogP contribution in [0.2, 0.25) is 0 Å². The number of aromatic nitrogens is 1. The molecular formula is C21H16N2O4S. The van der Waals surface area contributed by atoms with Gasteiger partial charge in [0.1, 0.15) is 23.6 Å². The van der Waals surface area contributed by atoms with Crippen LogP contribution in [0.4, 0.5) is 5.13 Å². The fraction of sp³-hybridized carbons (Fsp3) is 0.0952. The van der Waals surface area contributed by atoms with Crippen LogP contribution >= 0.6 is 11.3 Å². The van der Waals surface area contributed by atoms with Crippen molar-refractivity contribution in [1.82, 2.24) is 4.98 Å². The second-order valence-electron chi connectivity index (χ2n) is 6.06. The van der Waals surface area contributed by atoms with Crippen molar-refractivity contribution >= 4 is 39.1 Å². The maximum Gasteiger partial charge on any atom is 0.293 e. The first kappa shape index (κ1) is 17.9. The molecule has 0 radical (unpaired) electrons. The number of fused-ring (bicyclic) bond motifs is 1. The van der Waals surface area contributed by atoms with Crippen molar-refractivity contribution in [2.45, 2.75) is 13.5 Å². The highest BCUT2D eigenvalue weighted by molar-refractivity contribution is 7.14. The molecule has 0 saturated carbocycles. The maximum atomic E-state index is 12.8. The van der Waals surface area contributed by atoms with E-state index >= 15 is 0 Å². The van der Waals surface area contributed by atoms with E-state index in [-0.39, 0.29) is 18.2 Å². The van der Waals surface area contributed by atoms with E-state index in [1.54, 1.807) is 11.4 Å². The first-order chi connectivity index (χ1) is 13.6. The van der Waals surface area contributed by atoms with Gasteiger partial charge in [0.2, 0.25) is 0 Å². The minimum Gasteiger partial charge on any atom is -0.489 e. The molecule has 0 spiro atoms. The number of para-hydroxylation sites is 2. The molecule has 2 aromatic heterocycles. The summed E-state index contributed by atoms with van der Waals surface area (Å²) in [6, 6.07) is 16.8. The second kappa shape index (κ2) is 7.66. The molecule has 0 fully saturated rings. The topological polar surface area (TPSA) is 81.4 Å². The Kier molecular flexibility index (Phi) is 4.90. The van der Waals surface area contributed by atoms with Gasteiger partial charge in [-0.2, -0.15) is 0 Å². The first-order valence-corrected chi connectivity index (χ1v) is 9.46. The number of nitrogens with zero attached hydrogens (tertiary/aromatic N) is 1. The monoisotopic (exact) mass is 392 g/mol. The third-order valence-electron chi connectivity index (χ3n) is 4.12. The summed E-state index contributed by atoms with van der Waals surface area (Å²) in [5.41, 5.74) is 1.57. The van der Waals surface area contributed by atoms with Gasteiger partial charge < -0.3 is 9.15 Å². The molecule has 7 heteroatoms. The van der Waals surface area contributed by atoms with Crippen molar-refractivity contribution in [3.05, 3.63) is 77.0 Å². The van der Waals surface area contributed by atoms with Gasteiger partial charge in [0, 0.05) is 23.3 Å². The predicted octanol–water partition coefficient (Wildman–Crippen LogP) is 4.92. The van der Waals surface area contributed by atoms with Crippen molar-refractivity contribution in [1.29, 1.82) is 0 Å². The van der Waals surface area contributed by atoms with E-state index in [1.807, 2.05) is 48.5 Å². The van der Waals surface area contributed by atoms with Crippen molar-refractivity contribution < 1.29 is 18.7 Å². The molecule has 0 unspecified atom stereocenters. The number of nitrogens with one attached hydrogen (secondary N) is 1. The molecule has 6 nitrogen and oxygen atoms in total. The Morgan fingerprint density at radius 3 is 2.61 bits per heavy atom. The number of anilines is 1. The minimum atomic E-state index is -0.438. The molecule has 28 heavy (non-hydrogen) atoms. The lowest BCUT2D eigenvalue weighted by Gasteiger charge is -2.06. The molecule has 1 N–H and O–H groups in total. The zero-order chi connectivity index (χ0) is 19.5. The van der Waals surface area contributed by atoms with Gasteiger partial charge in [0.25, 0.3) is 5.91 Å². The van der Waals surface area contributed by atoms with Crippen LogP contribution in [0, 0.1) is 0 Å². The lowest BCUT2D eigenvalue weighted by molar-refractivity contribution is 0.0989. The van der Waals surface area contributed by atoms with Crippen molar-refractivity contribution in [3.63, 3.8) is 0 Å². The van der Waals surface area contributed by atoms with Gasteiger partial charge in [-0.05, 0) is 18.2 Å². The Labute approximate surface area is 164 Å². The van der Waals surface area contributed by atoms with Crippen molar-refractivity contribution in [3.8, 4) is 5.75 Å². The number of thiazole rings is 1. The highest BCUT2D eigenvalue weighted by atomic mass is 32.1. The largest absolute Gasteiger partial charge is 0.489 e. The van der Waals surface area contributed by atoms with E-state index in [0.29, 0.717) is 27.7 Å². The number of rotatable bonds is 6. The van der Waals surface area contributed by atoms with Crippen molar-refractivity contribution in [2.24, 2.45) is 0 Å². The minimum absolute atomic E-state index is 0.155. The number of carbonyl (C=O) groups excluding carboxylic acids is 2. The van der Waals surface area contributed by atoms with Crippen molar-refractivity contribution in [2.75, 3.05) is 5.32 Å². The molecule has 0 aliphatic heterocycles. The number of carbonyl (C=O) groups is 2. The molecule has 0 bridgehead atoms. The quantitative estimate of drug-likeness (QED) is 0.471. The van der Waals surface area contributed by atoms with E-state index in [9.17, 15) is 9.59 Å². The maximum absolute atomic E-state index is 12.8. The van der Waals surface area contributed by atoms with Crippen LogP contribution in [-0.2, 0) is 6.61 Å². The number of benzene rings is 2. The average Bonchev–Trinajstić information content (AvgIpc) is 3.32. The van der Waals surface area contributed by atoms with Gasteiger partial charge in [0.15, 0.2) is 16.7 Å². The van der Waals surface area contributed by atoms with Gasteiger partial charge in [0.05, 0.1) is 0 Å². The summed E-state index contributed by atoms with van der Waals surface area (Å²) in [7, 11) is 0. The lowest BCUT2D eigenvalue weighted by atomic mass is 10.1. The molecule has 2 aromatic carbocycles. The molecule has 4 rings (SSSR count). The Morgan fingerprint density at radius 1 is 1.11 bits per heavy atom. The fourth-order valence-corrected chi connectivity index (χ4v) is 3.49. The summed E-state index contributed by atoms with van der Waals surface area (Å²) in [4.78, 5) is 28.3. The summed E-state index contributed by atoms with van der Waals surface area (Å²) in [6.07, 6.45) is 0. The second-order valence-corrected chi connectivity index (χ2v) is 6.91. The molecule has 2 heterocycles. The Bertz CT molecular complexity index is 1150. The van der Waals surface area contributed by atoms with Crippen LogP contribution in [0.25, 0.3) is 11.0 Å². The average molecular weight is 392 g/mol. The third-order valence-corrected chi connectivity index (χ3v) is 4.87. The summed E-state index contributed by atoms with van der Waals surface area (Å²) >= 11 is 1.19. The number of ether oxygens (including phenoxy) is 1. The first-order valence-electron chi connectivity index (χ1n) is 8.58. The van der Waals surface area contributed by atoms with Gasteiger partial charge in [-0.25, -0.2) is 4.98 Å².